The number of hydrogen-bond acceptors (Lipinski definition) is 2. The molecule has 0 bridgehead atoms. The molecule has 1 unspecified atom stereocenters. The first-order valence-electron chi connectivity index (χ1n) is 6.55. The van der Waals surface area contributed by atoms with Gasteiger partial charge in [-0.1, -0.05) is 6.07 Å². The Bertz CT molecular complexity index is 654. The number of benzene rings is 1. The van der Waals surface area contributed by atoms with E-state index in [9.17, 15) is 8.78 Å². The Kier molecular flexibility index (Phi) is 3.99. The van der Waals surface area contributed by atoms with Crippen molar-refractivity contribution in [1.29, 1.82) is 0 Å². The first kappa shape index (κ1) is 14.3. The van der Waals surface area contributed by atoms with Gasteiger partial charge in [0.15, 0.2) is 5.82 Å². The first-order chi connectivity index (χ1) is 9.56. The van der Waals surface area contributed by atoms with Crippen molar-refractivity contribution in [3.05, 3.63) is 48.7 Å². The average molecular weight is 405 g/mol. The Hall–Kier alpha value is -0.690. The fourth-order valence-electron chi connectivity index (χ4n) is 2.63. The van der Waals surface area contributed by atoms with Crippen LogP contribution in [-0.2, 0) is 6.42 Å². The van der Waals surface area contributed by atoms with Crippen molar-refractivity contribution in [2.45, 2.75) is 32.2 Å². The molecule has 1 aromatic carbocycles. The van der Waals surface area contributed by atoms with Crippen molar-refractivity contribution in [1.82, 2.24) is 0 Å². The fraction of sp³-hybridized carbons (Fsp3) is 0.333. The van der Waals surface area contributed by atoms with E-state index in [-0.39, 0.29) is 11.7 Å². The molecular weight excluding hydrogens is 391 g/mol. The normalized spacial score (nSPS) is 17.9. The Morgan fingerprint density at radius 1 is 1.35 bits per heavy atom. The van der Waals surface area contributed by atoms with E-state index >= 15 is 0 Å². The van der Waals surface area contributed by atoms with Crippen LogP contribution in [0.25, 0.3) is 0 Å². The van der Waals surface area contributed by atoms with Gasteiger partial charge in [0.05, 0.1) is 8.93 Å². The van der Waals surface area contributed by atoms with Crippen molar-refractivity contribution in [2.75, 3.05) is 5.32 Å². The summed E-state index contributed by atoms with van der Waals surface area (Å²) in [6, 6.07) is 4.92. The van der Waals surface area contributed by atoms with Crippen LogP contribution in [0.15, 0.2) is 18.2 Å². The fourth-order valence-corrected chi connectivity index (χ4v) is 4.75. The average Bonchev–Trinajstić information content (AvgIpc) is 2.80. The van der Waals surface area contributed by atoms with Gasteiger partial charge in [0.1, 0.15) is 11.5 Å². The lowest BCUT2D eigenvalue weighted by atomic mass is 9.93. The number of halogens is 3. The molecule has 0 amide bonds. The molecule has 3 rings (SSSR count). The summed E-state index contributed by atoms with van der Waals surface area (Å²) in [4.78, 5) is 1.34. The van der Waals surface area contributed by atoms with Crippen molar-refractivity contribution in [3.8, 4) is 0 Å². The molecule has 1 nitrogen and oxygen atoms in total. The zero-order valence-electron chi connectivity index (χ0n) is 11.0. The van der Waals surface area contributed by atoms with Crippen LogP contribution in [0, 0.1) is 21.4 Å². The van der Waals surface area contributed by atoms with Crippen molar-refractivity contribution in [2.24, 2.45) is 0 Å². The molecule has 1 aromatic heterocycles. The van der Waals surface area contributed by atoms with E-state index < -0.39 is 11.6 Å². The van der Waals surface area contributed by atoms with Crippen LogP contribution in [0.1, 0.15) is 34.9 Å². The molecule has 1 aliphatic rings. The molecule has 5 heteroatoms. The van der Waals surface area contributed by atoms with E-state index in [4.69, 9.17) is 0 Å². The van der Waals surface area contributed by atoms with Gasteiger partial charge in [-0.3, -0.25) is 0 Å². The molecule has 0 radical (unpaired) electrons. The lowest BCUT2D eigenvalue weighted by molar-refractivity contribution is 0.561. The zero-order valence-corrected chi connectivity index (χ0v) is 13.9. The van der Waals surface area contributed by atoms with Gasteiger partial charge in [-0.05, 0) is 72.0 Å². The molecular formula is C15H14F2INS. The van der Waals surface area contributed by atoms with E-state index in [1.54, 1.807) is 18.3 Å². The van der Waals surface area contributed by atoms with Crippen LogP contribution >= 0.6 is 33.9 Å². The van der Waals surface area contributed by atoms with Gasteiger partial charge in [0.25, 0.3) is 0 Å². The first-order valence-corrected chi connectivity index (χ1v) is 8.45. The summed E-state index contributed by atoms with van der Waals surface area (Å²) < 4.78 is 29.2. The minimum Gasteiger partial charge on any atom is -0.373 e. The van der Waals surface area contributed by atoms with Gasteiger partial charge in [0, 0.05) is 4.88 Å². The van der Waals surface area contributed by atoms with Gasteiger partial charge in [-0.25, -0.2) is 8.78 Å². The number of anilines is 1. The van der Waals surface area contributed by atoms with Crippen molar-refractivity contribution in [3.63, 3.8) is 0 Å². The molecule has 1 aliphatic carbocycles. The van der Waals surface area contributed by atoms with E-state index in [2.05, 4.69) is 34.0 Å². The maximum atomic E-state index is 14.1. The summed E-state index contributed by atoms with van der Waals surface area (Å²) in [5.74, 6) is -1.01. The molecule has 0 fully saturated rings. The highest BCUT2D eigenvalue weighted by atomic mass is 127. The monoisotopic (exact) mass is 405 g/mol. The van der Waals surface area contributed by atoms with E-state index in [1.807, 2.05) is 0 Å². The molecule has 20 heavy (non-hydrogen) atoms. The number of aryl methyl sites for hydroxylation is 2. The third kappa shape index (κ3) is 2.57. The smallest absolute Gasteiger partial charge is 0.152 e. The Morgan fingerprint density at radius 2 is 2.15 bits per heavy atom. The van der Waals surface area contributed by atoms with E-state index in [0.717, 1.165) is 19.3 Å². The lowest BCUT2D eigenvalue weighted by Gasteiger charge is -2.25. The third-order valence-corrected chi connectivity index (χ3v) is 5.66. The highest BCUT2D eigenvalue weighted by Crippen LogP contribution is 2.39. The van der Waals surface area contributed by atoms with Gasteiger partial charge in [-0.2, -0.15) is 0 Å². The molecule has 2 aromatic rings. The van der Waals surface area contributed by atoms with Crippen LogP contribution in [-0.4, -0.2) is 0 Å². The van der Waals surface area contributed by atoms with Crippen LogP contribution in [0.5, 0.6) is 0 Å². The van der Waals surface area contributed by atoms with Gasteiger partial charge in [0.2, 0.25) is 0 Å². The summed E-state index contributed by atoms with van der Waals surface area (Å²) in [6.07, 6.45) is 3.03. The number of hydrogen-bond donors (Lipinski definition) is 1. The summed E-state index contributed by atoms with van der Waals surface area (Å²) in [6.45, 7) is 1.65. The van der Waals surface area contributed by atoms with Crippen molar-refractivity contribution >= 4 is 39.6 Å². The quantitative estimate of drug-likeness (QED) is 0.658. The van der Waals surface area contributed by atoms with Crippen LogP contribution in [0.4, 0.5) is 14.5 Å². The van der Waals surface area contributed by atoms with E-state index in [0.29, 0.717) is 5.56 Å². The SMILES string of the molecule is Cc1ccc(F)c(NC2CCCc3sc(I)cc32)c1F. The molecule has 0 aliphatic heterocycles. The second-order valence-corrected chi connectivity index (χ2v) is 8.10. The topological polar surface area (TPSA) is 12.0 Å². The Morgan fingerprint density at radius 3 is 2.95 bits per heavy atom. The highest BCUT2D eigenvalue weighted by Gasteiger charge is 2.24. The number of thiophene rings is 1. The second kappa shape index (κ2) is 5.60. The maximum absolute atomic E-state index is 14.1. The van der Waals surface area contributed by atoms with Gasteiger partial charge < -0.3 is 5.32 Å². The Labute approximate surface area is 134 Å². The highest BCUT2D eigenvalue weighted by molar-refractivity contribution is 14.1. The Balaban J connectivity index is 1.95. The van der Waals surface area contributed by atoms with E-state index in [1.165, 1.54) is 25.5 Å². The summed E-state index contributed by atoms with van der Waals surface area (Å²) in [5.41, 5.74) is 1.67. The molecule has 1 heterocycles. The summed E-state index contributed by atoms with van der Waals surface area (Å²) in [7, 11) is 0. The van der Waals surface area contributed by atoms with Crippen LogP contribution < -0.4 is 5.32 Å². The largest absolute Gasteiger partial charge is 0.373 e. The molecule has 1 N–H and O–H groups in total. The molecule has 1 atom stereocenters. The molecule has 106 valence electrons. The summed E-state index contributed by atoms with van der Waals surface area (Å²) >= 11 is 4.08. The number of nitrogens with one attached hydrogen (secondary N) is 1. The standard InChI is InChI=1S/C15H14F2INS/c1-8-5-6-10(16)15(14(8)17)19-11-3-2-4-12-9(11)7-13(18)20-12/h5-7,11,19H,2-4H2,1H3. The minimum absolute atomic E-state index is 0.00376. The predicted octanol–water partition coefficient (Wildman–Crippen LogP) is 5.43. The molecule has 0 spiro atoms. The van der Waals surface area contributed by atoms with Crippen molar-refractivity contribution < 1.29 is 8.78 Å². The minimum atomic E-state index is -0.523. The van der Waals surface area contributed by atoms with Crippen LogP contribution in [0.2, 0.25) is 0 Å². The molecule has 0 saturated heterocycles. The van der Waals surface area contributed by atoms with Gasteiger partial charge >= 0.3 is 0 Å². The number of rotatable bonds is 2. The molecule has 0 saturated carbocycles. The zero-order chi connectivity index (χ0) is 14.3. The van der Waals surface area contributed by atoms with Gasteiger partial charge in [-0.15, -0.1) is 11.3 Å². The third-order valence-electron chi connectivity index (χ3n) is 3.69. The number of fused-ring (bicyclic) bond motifs is 1. The predicted molar refractivity (Wildman–Crippen MR) is 87.4 cm³/mol. The maximum Gasteiger partial charge on any atom is 0.152 e. The summed E-state index contributed by atoms with van der Waals surface area (Å²) in [5, 5.41) is 3.08. The van der Waals surface area contributed by atoms with Crippen LogP contribution in [0.3, 0.4) is 0 Å². The lowest BCUT2D eigenvalue weighted by Crippen LogP contribution is -2.17. The second-order valence-electron chi connectivity index (χ2n) is 5.07.